The van der Waals surface area contributed by atoms with E-state index in [9.17, 15) is 4.79 Å². The highest BCUT2D eigenvalue weighted by Crippen LogP contribution is 2.04. The number of amides is 1. The first-order valence-electron chi connectivity index (χ1n) is 5.26. The van der Waals surface area contributed by atoms with Crippen molar-refractivity contribution >= 4 is 5.91 Å². The van der Waals surface area contributed by atoms with Crippen LogP contribution in [0, 0.1) is 0 Å². The number of rotatable bonds is 3. The fourth-order valence-corrected chi connectivity index (χ4v) is 1.71. The molecule has 1 atom stereocenters. The van der Waals surface area contributed by atoms with Crippen molar-refractivity contribution in [3.8, 4) is 0 Å². The Bertz CT molecular complexity index is 326. The summed E-state index contributed by atoms with van der Waals surface area (Å²) in [5.74, 6) is 0.116. The van der Waals surface area contributed by atoms with Crippen LogP contribution in [0.2, 0.25) is 0 Å². The number of hydrogen-bond acceptors (Lipinski definition) is 3. The predicted octanol–water partition coefficient (Wildman–Crippen LogP) is 0.450. The molecule has 80 valence electrons. The van der Waals surface area contributed by atoms with Crippen molar-refractivity contribution in [1.82, 2.24) is 15.6 Å². The number of nitrogens with one attached hydrogen (secondary N) is 2. The smallest absolute Gasteiger partial charge is 0.237 e. The molecule has 1 aliphatic rings. The van der Waals surface area contributed by atoms with E-state index in [1.807, 2.05) is 18.3 Å². The maximum absolute atomic E-state index is 11.4. The van der Waals surface area contributed by atoms with Crippen molar-refractivity contribution in [3.05, 3.63) is 30.1 Å². The lowest BCUT2D eigenvalue weighted by Gasteiger charge is -2.22. The Morgan fingerprint density at radius 3 is 3.27 bits per heavy atom. The van der Waals surface area contributed by atoms with Crippen LogP contribution in [0.1, 0.15) is 18.4 Å². The lowest BCUT2D eigenvalue weighted by Crippen LogP contribution is -2.47. The van der Waals surface area contributed by atoms with Crippen LogP contribution in [0.15, 0.2) is 24.5 Å². The second kappa shape index (κ2) is 4.89. The molecule has 2 N–H and O–H groups in total. The number of nitrogens with zero attached hydrogens (tertiary/aromatic N) is 1. The molecule has 2 rings (SSSR count). The van der Waals surface area contributed by atoms with Gasteiger partial charge in [0.2, 0.25) is 5.91 Å². The lowest BCUT2D eigenvalue weighted by molar-refractivity contribution is -0.124. The van der Waals surface area contributed by atoms with Crippen LogP contribution in [-0.4, -0.2) is 23.5 Å². The van der Waals surface area contributed by atoms with Crippen molar-refractivity contribution in [2.75, 3.05) is 6.54 Å². The van der Waals surface area contributed by atoms with E-state index in [0.29, 0.717) is 6.54 Å². The summed E-state index contributed by atoms with van der Waals surface area (Å²) in [7, 11) is 0. The first-order valence-corrected chi connectivity index (χ1v) is 5.26. The van der Waals surface area contributed by atoms with Crippen LogP contribution in [0.4, 0.5) is 0 Å². The summed E-state index contributed by atoms with van der Waals surface area (Å²) in [5.41, 5.74) is 1.11. The summed E-state index contributed by atoms with van der Waals surface area (Å²) in [6.45, 7) is 1.51. The van der Waals surface area contributed by atoms with Gasteiger partial charge in [-0.25, -0.2) is 0 Å². The monoisotopic (exact) mass is 205 g/mol. The third-order valence-corrected chi connectivity index (χ3v) is 2.56. The number of piperidine rings is 1. The molecule has 1 aromatic rings. The zero-order valence-electron chi connectivity index (χ0n) is 8.57. The summed E-state index contributed by atoms with van der Waals surface area (Å²) in [6.07, 6.45) is 5.53. The van der Waals surface area contributed by atoms with E-state index in [1.54, 1.807) is 6.20 Å². The molecular formula is C11H15N3O. The van der Waals surface area contributed by atoms with Crippen molar-refractivity contribution < 1.29 is 4.79 Å². The summed E-state index contributed by atoms with van der Waals surface area (Å²) < 4.78 is 0. The van der Waals surface area contributed by atoms with Crippen LogP contribution >= 0.6 is 0 Å². The molecule has 0 aromatic carbocycles. The van der Waals surface area contributed by atoms with Gasteiger partial charge in [-0.05, 0) is 24.5 Å². The number of hydrogen-bond donors (Lipinski definition) is 2. The Hall–Kier alpha value is -1.42. The Balaban J connectivity index is 1.85. The number of carbonyl (C=O) groups excluding carboxylic acids is 1. The van der Waals surface area contributed by atoms with Crippen LogP contribution < -0.4 is 10.6 Å². The maximum atomic E-state index is 11.4. The predicted molar refractivity (Wildman–Crippen MR) is 57.1 cm³/mol. The molecular weight excluding hydrogens is 190 g/mol. The van der Waals surface area contributed by atoms with E-state index in [4.69, 9.17) is 0 Å². The molecule has 1 unspecified atom stereocenters. The first-order chi connectivity index (χ1) is 7.36. The van der Waals surface area contributed by atoms with Gasteiger partial charge < -0.3 is 10.6 Å². The van der Waals surface area contributed by atoms with Gasteiger partial charge in [-0.3, -0.25) is 9.78 Å². The standard InChI is InChI=1S/C11H15N3O/c15-11-10(4-2-6-13-11)14-8-9-3-1-5-12-7-9/h1,3,5,7,10,14H,2,4,6,8H2,(H,13,15). The second-order valence-corrected chi connectivity index (χ2v) is 3.73. The molecule has 1 aliphatic heterocycles. The van der Waals surface area contributed by atoms with Gasteiger partial charge in [-0.1, -0.05) is 6.07 Å². The SMILES string of the molecule is O=C1NCCCC1NCc1cccnc1. The molecule has 2 heterocycles. The van der Waals surface area contributed by atoms with Crippen molar-refractivity contribution in [3.63, 3.8) is 0 Å². The zero-order chi connectivity index (χ0) is 10.5. The third kappa shape index (κ3) is 2.76. The molecule has 0 radical (unpaired) electrons. The molecule has 0 spiro atoms. The minimum absolute atomic E-state index is 0.0426. The molecule has 4 heteroatoms. The fraction of sp³-hybridized carbons (Fsp3) is 0.455. The summed E-state index contributed by atoms with van der Waals surface area (Å²) in [4.78, 5) is 15.5. The fourth-order valence-electron chi connectivity index (χ4n) is 1.71. The Labute approximate surface area is 89.1 Å². The summed E-state index contributed by atoms with van der Waals surface area (Å²) >= 11 is 0. The Morgan fingerprint density at radius 1 is 1.60 bits per heavy atom. The van der Waals surface area contributed by atoms with Crippen molar-refractivity contribution in [1.29, 1.82) is 0 Å². The number of aromatic nitrogens is 1. The quantitative estimate of drug-likeness (QED) is 0.753. The largest absolute Gasteiger partial charge is 0.355 e. The van der Waals surface area contributed by atoms with E-state index in [0.717, 1.165) is 24.9 Å². The minimum Gasteiger partial charge on any atom is -0.355 e. The van der Waals surface area contributed by atoms with Gasteiger partial charge in [-0.2, -0.15) is 0 Å². The maximum Gasteiger partial charge on any atom is 0.237 e. The molecule has 1 aromatic heterocycles. The minimum atomic E-state index is -0.0426. The molecule has 0 saturated carbocycles. The van der Waals surface area contributed by atoms with E-state index < -0.39 is 0 Å². The highest BCUT2D eigenvalue weighted by Gasteiger charge is 2.20. The third-order valence-electron chi connectivity index (χ3n) is 2.56. The Morgan fingerprint density at radius 2 is 2.53 bits per heavy atom. The van der Waals surface area contributed by atoms with Gasteiger partial charge in [0.15, 0.2) is 0 Å². The van der Waals surface area contributed by atoms with E-state index in [2.05, 4.69) is 15.6 Å². The van der Waals surface area contributed by atoms with Gasteiger partial charge in [-0.15, -0.1) is 0 Å². The number of carbonyl (C=O) groups is 1. The second-order valence-electron chi connectivity index (χ2n) is 3.73. The molecule has 1 fully saturated rings. The van der Waals surface area contributed by atoms with Gasteiger partial charge >= 0.3 is 0 Å². The van der Waals surface area contributed by atoms with Crippen LogP contribution in [-0.2, 0) is 11.3 Å². The Kier molecular flexibility index (Phi) is 3.29. The molecule has 0 bridgehead atoms. The van der Waals surface area contributed by atoms with Gasteiger partial charge in [0.25, 0.3) is 0 Å². The van der Waals surface area contributed by atoms with E-state index in [-0.39, 0.29) is 11.9 Å². The van der Waals surface area contributed by atoms with Crippen molar-refractivity contribution in [2.24, 2.45) is 0 Å². The molecule has 15 heavy (non-hydrogen) atoms. The molecule has 4 nitrogen and oxygen atoms in total. The first kappa shape index (κ1) is 10.1. The highest BCUT2D eigenvalue weighted by atomic mass is 16.2. The number of pyridine rings is 1. The normalized spacial score (nSPS) is 21.1. The molecule has 1 saturated heterocycles. The van der Waals surface area contributed by atoms with E-state index in [1.165, 1.54) is 0 Å². The summed E-state index contributed by atoms with van der Waals surface area (Å²) in [5, 5.41) is 6.09. The summed E-state index contributed by atoms with van der Waals surface area (Å²) in [6, 6.07) is 3.86. The van der Waals surface area contributed by atoms with Crippen molar-refractivity contribution in [2.45, 2.75) is 25.4 Å². The van der Waals surface area contributed by atoms with Gasteiger partial charge in [0, 0.05) is 25.5 Å². The average molecular weight is 205 g/mol. The topological polar surface area (TPSA) is 54.0 Å². The van der Waals surface area contributed by atoms with Gasteiger partial charge in [0.05, 0.1) is 6.04 Å². The highest BCUT2D eigenvalue weighted by molar-refractivity contribution is 5.82. The van der Waals surface area contributed by atoms with Crippen LogP contribution in [0.3, 0.4) is 0 Å². The van der Waals surface area contributed by atoms with E-state index >= 15 is 0 Å². The molecule has 1 amide bonds. The van der Waals surface area contributed by atoms with Crippen LogP contribution in [0.5, 0.6) is 0 Å². The molecule has 0 aliphatic carbocycles. The van der Waals surface area contributed by atoms with Crippen LogP contribution in [0.25, 0.3) is 0 Å². The lowest BCUT2D eigenvalue weighted by atomic mass is 10.1. The average Bonchev–Trinajstić information content (AvgIpc) is 2.29. The van der Waals surface area contributed by atoms with Gasteiger partial charge in [0.1, 0.15) is 0 Å². The zero-order valence-corrected chi connectivity index (χ0v) is 8.57.